The molecule has 4 nitrogen and oxygen atoms in total. The van der Waals surface area contributed by atoms with Gasteiger partial charge in [0.25, 0.3) is 5.56 Å². The number of hydrogen-bond acceptors (Lipinski definition) is 3. The fraction of sp³-hybridized carbons (Fsp3) is 0.667. The zero-order valence-corrected chi connectivity index (χ0v) is 12.4. The number of aromatic nitrogens is 2. The van der Waals surface area contributed by atoms with E-state index in [1.54, 1.807) is 6.20 Å². The maximum atomic E-state index is 11.8. The van der Waals surface area contributed by atoms with Crippen molar-refractivity contribution in [1.82, 2.24) is 9.78 Å². The largest absolute Gasteiger partial charge is 0.382 e. The highest BCUT2D eigenvalue weighted by atomic mass is 79.9. The van der Waals surface area contributed by atoms with E-state index in [1.807, 2.05) is 6.92 Å². The van der Waals surface area contributed by atoms with E-state index in [0.717, 1.165) is 12.2 Å². The first-order valence-electron chi connectivity index (χ1n) is 5.96. The molecule has 0 aliphatic carbocycles. The molecule has 5 heteroatoms. The molecule has 0 saturated carbocycles. The molecule has 1 unspecified atom stereocenters. The summed E-state index contributed by atoms with van der Waals surface area (Å²) in [6, 6.07) is 0. The van der Waals surface area contributed by atoms with Gasteiger partial charge in [0.15, 0.2) is 0 Å². The summed E-state index contributed by atoms with van der Waals surface area (Å²) in [5, 5.41) is 7.36. The summed E-state index contributed by atoms with van der Waals surface area (Å²) < 4.78 is 1.99. The Balaban J connectivity index is 2.80. The molecular weight excluding hydrogens is 282 g/mol. The first-order chi connectivity index (χ1) is 7.97. The number of anilines is 1. The van der Waals surface area contributed by atoms with Crippen molar-refractivity contribution in [2.75, 3.05) is 11.9 Å². The number of aryl methyl sites for hydroxylation is 1. The minimum Gasteiger partial charge on any atom is -0.382 e. The lowest BCUT2D eigenvalue weighted by Gasteiger charge is -2.17. The Bertz CT molecular complexity index is 428. The maximum absolute atomic E-state index is 11.8. The van der Waals surface area contributed by atoms with Gasteiger partial charge in [0.05, 0.1) is 11.9 Å². The predicted molar refractivity (Wildman–Crippen MR) is 74.4 cm³/mol. The van der Waals surface area contributed by atoms with Crippen LogP contribution in [0.1, 0.15) is 27.7 Å². The highest BCUT2D eigenvalue weighted by Gasteiger charge is 2.10. The second-order valence-corrected chi connectivity index (χ2v) is 5.39. The van der Waals surface area contributed by atoms with Crippen LogP contribution < -0.4 is 10.9 Å². The van der Waals surface area contributed by atoms with Crippen molar-refractivity contribution in [3.63, 3.8) is 0 Å². The smallest absolute Gasteiger partial charge is 0.283 e. The number of nitrogens with one attached hydrogen (secondary N) is 1. The van der Waals surface area contributed by atoms with E-state index in [0.29, 0.717) is 22.9 Å². The van der Waals surface area contributed by atoms with Gasteiger partial charge in [-0.2, -0.15) is 5.10 Å². The topological polar surface area (TPSA) is 46.9 Å². The molecule has 1 aromatic heterocycles. The molecule has 96 valence electrons. The Morgan fingerprint density at radius 1 is 1.47 bits per heavy atom. The lowest BCUT2D eigenvalue weighted by Crippen LogP contribution is -2.25. The average molecular weight is 302 g/mol. The molecule has 0 radical (unpaired) electrons. The first kappa shape index (κ1) is 14.2. The van der Waals surface area contributed by atoms with E-state index < -0.39 is 0 Å². The molecule has 17 heavy (non-hydrogen) atoms. The zero-order chi connectivity index (χ0) is 13.0. The van der Waals surface area contributed by atoms with Crippen molar-refractivity contribution in [3.8, 4) is 0 Å². The van der Waals surface area contributed by atoms with Crippen LogP contribution in [0.5, 0.6) is 0 Å². The van der Waals surface area contributed by atoms with Crippen LogP contribution in [-0.2, 0) is 6.54 Å². The molecule has 0 spiro atoms. The highest BCUT2D eigenvalue weighted by molar-refractivity contribution is 9.10. The summed E-state index contributed by atoms with van der Waals surface area (Å²) in [5.41, 5.74) is 0.682. The molecule has 1 atom stereocenters. The Hall–Kier alpha value is -0.840. The van der Waals surface area contributed by atoms with E-state index >= 15 is 0 Å². The second kappa shape index (κ2) is 6.19. The van der Waals surface area contributed by atoms with Gasteiger partial charge in [0.1, 0.15) is 4.47 Å². The summed E-state index contributed by atoms with van der Waals surface area (Å²) in [7, 11) is 0. The molecule has 0 aliphatic heterocycles. The van der Waals surface area contributed by atoms with Gasteiger partial charge < -0.3 is 5.32 Å². The van der Waals surface area contributed by atoms with E-state index in [9.17, 15) is 4.79 Å². The van der Waals surface area contributed by atoms with E-state index in [-0.39, 0.29) is 5.56 Å². The fourth-order valence-corrected chi connectivity index (χ4v) is 1.77. The fourth-order valence-electron chi connectivity index (χ4n) is 1.32. The number of rotatable bonds is 5. The molecule has 0 saturated heterocycles. The second-order valence-electron chi connectivity index (χ2n) is 4.60. The minimum atomic E-state index is -0.0882. The standard InChI is InChI=1S/C12H20BrN3O/c1-5-16-12(17)11(13)10(7-15-16)14-6-9(4)8(2)3/h7-9,14H,5-6H2,1-4H3. The molecule has 0 aliphatic rings. The van der Waals surface area contributed by atoms with Gasteiger partial charge >= 0.3 is 0 Å². The Morgan fingerprint density at radius 3 is 2.65 bits per heavy atom. The lowest BCUT2D eigenvalue weighted by molar-refractivity contribution is 0.439. The molecular formula is C12H20BrN3O. The van der Waals surface area contributed by atoms with Gasteiger partial charge in [0, 0.05) is 13.1 Å². The van der Waals surface area contributed by atoms with E-state index in [1.165, 1.54) is 4.68 Å². The summed E-state index contributed by atoms with van der Waals surface area (Å²) in [6.07, 6.45) is 1.70. The summed E-state index contributed by atoms with van der Waals surface area (Å²) in [5.74, 6) is 1.17. The van der Waals surface area contributed by atoms with Gasteiger partial charge in [-0.15, -0.1) is 0 Å². The lowest BCUT2D eigenvalue weighted by atomic mass is 9.98. The van der Waals surface area contributed by atoms with Crippen molar-refractivity contribution >= 4 is 21.6 Å². The third-order valence-electron chi connectivity index (χ3n) is 3.04. The van der Waals surface area contributed by atoms with Gasteiger partial charge in [-0.1, -0.05) is 20.8 Å². The van der Waals surface area contributed by atoms with Crippen LogP contribution in [0.25, 0.3) is 0 Å². The minimum absolute atomic E-state index is 0.0882. The normalized spacial score (nSPS) is 12.8. The number of halogens is 1. The van der Waals surface area contributed by atoms with Crippen LogP contribution in [0.15, 0.2) is 15.5 Å². The van der Waals surface area contributed by atoms with Gasteiger partial charge in [-0.3, -0.25) is 4.79 Å². The Kier molecular flexibility index (Phi) is 5.18. The molecule has 0 amide bonds. The zero-order valence-electron chi connectivity index (χ0n) is 10.8. The number of hydrogen-bond donors (Lipinski definition) is 1. The van der Waals surface area contributed by atoms with Crippen molar-refractivity contribution in [2.45, 2.75) is 34.2 Å². The Labute approximate surface area is 111 Å². The first-order valence-corrected chi connectivity index (χ1v) is 6.76. The van der Waals surface area contributed by atoms with Crippen LogP contribution in [0.3, 0.4) is 0 Å². The van der Waals surface area contributed by atoms with Crippen molar-refractivity contribution in [3.05, 3.63) is 21.0 Å². The summed E-state index contributed by atoms with van der Waals surface area (Å²) in [4.78, 5) is 11.8. The molecule has 1 rings (SSSR count). The van der Waals surface area contributed by atoms with Gasteiger partial charge in [-0.25, -0.2) is 4.68 Å². The SMILES string of the molecule is CCn1ncc(NCC(C)C(C)C)c(Br)c1=O. The average Bonchev–Trinajstić information content (AvgIpc) is 2.30. The predicted octanol–water partition coefficient (Wildman–Crippen LogP) is 2.73. The quantitative estimate of drug-likeness (QED) is 0.909. The van der Waals surface area contributed by atoms with E-state index in [2.05, 4.69) is 47.1 Å². The third kappa shape index (κ3) is 3.56. The Morgan fingerprint density at radius 2 is 2.12 bits per heavy atom. The van der Waals surface area contributed by atoms with Crippen LogP contribution in [0, 0.1) is 11.8 Å². The molecule has 0 bridgehead atoms. The third-order valence-corrected chi connectivity index (χ3v) is 3.80. The monoisotopic (exact) mass is 301 g/mol. The van der Waals surface area contributed by atoms with Gasteiger partial charge in [-0.05, 0) is 34.7 Å². The van der Waals surface area contributed by atoms with Crippen molar-refractivity contribution in [2.24, 2.45) is 11.8 Å². The van der Waals surface area contributed by atoms with Crippen molar-refractivity contribution < 1.29 is 0 Å². The summed E-state index contributed by atoms with van der Waals surface area (Å²) in [6.45, 7) is 9.89. The summed E-state index contributed by atoms with van der Waals surface area (Å²) >= 11 is 3.32. The van der Waals surface area contributed by atoms with Crippen molar-refractivity contribution in [1.29, 1.82) is 0 Å². The van der Waals surface area contributed by atoms with Crippen LogP contribution in [0.4, 0.5) is 5.69 Å². The van der Waals surface area contributed by atoms with E-state index in [4.69, 9.17) is 0 Å². The van der Waals surface area contributed by atoms with Crippen LogP contribution in [-0.4, -0.2) is 16.3 Å². The molecule has 1 N–H and O–H groups in total. The molecule has 0 fully saturated rings. The molecule has 1 aromatic rings. The molecule has 0 aromatic carbocycles. The van der Waals surface area contributed by atoms with Crippen LogP contribution >= 0.6 is 15.9 Å². The highest BCUT2D eigenvalue weighted by Crippen LogP contribution is 2.18. The van der Waals surface area contributed by atoms with Crippen LogP contribution in [0.2, 0.25) is 0 Å². The van der Waals surface area contributed by atoms with Gasteiger partial charge in [0.2, 0.25) is 0 Å². The molecule has 1 heterocycles. The maximum Gasteiger partial charge on any atom is 0.283 e. The number of nitrogens with zero attached hydrogens (tertiary/aromatic N) is 2.